The zero-order valence-electron chi connectivity index (χ0n) is 19.1. The average molecular weight is 434 g/mol. The molecular weight excluding hydrogens is 402 g/mol. The number of hydrazine groups is 1. The summed E-state index contributed by atoms with van der Waals surface area (Å²) in [5.74, 6) is -0.214. The maximum Gasteiger partial charge on any atom is 0.279 e. The van der Waals surface area contributed by atoms with Gasteiger partial charge in [0.1, 0.15) is 5.75 Å². The third kappa shape index (κ3) is 6.08. The molecule has 0 saturated heterocycles. The first-order chi connectivity index (χ1) is 15.4. The van der Waals surface area contributed by atoms with Crippen LogP contribution in [0.25, 0.3) is 10.8 Å². The van der Waals surface area contributed by atoms with E-state index in [9.17, 15) is 9.59 Å². The zero-order valence-corrected chi connectivity index (χ0v) is 19.1. The maximum atomic E-state index is 12.4. The highest BCUT2D eigenvalue weighted by Gasteiger charge is 2.16. The van der Waals surface area contributed by atoms with Crippen molar-refractivity contribution < 1.29 is 14.3 Å². The van der Waals surface area contributed by atoms with Gasteiger partial charge >= 0.3 is 0 Å². The molecule has 3 rings (SSSR count). The van der Waals surface area contributed by atoms with Gasteiger partial charge in [-0.25, -0.2) is 0 Å². The Morgan fingerprint density at radius 3 is 2.25 bits per heavy atom. The Balaban J connectivity index is 1.51. The van der Waals surface area contributed by atoms with Crippen molar-refractivity contribution >= 4 is 22.6 Å². The van der Waals surface area contributed by atoms with Crippen molar-refractivity contribution in [2.45, 2.75) is 46.4 Å². The second-order valence-electron chi connectivity index (χ2n) is 8.07. The topological polar surface area (TPSA) is 70.7 Å². The Morgan fingerprint density at radius 2 is 1.59 bits per heavy atom. The van der Waals surface area contributed by atoms with Crippen molar-refractivity contribution in [2.24, 2.45) is 0 Å². The highest BCUT2D eigenvalue weighted by molar-refractivity contribution is 5.95. The predicted octanol–water partition coefficient (Wildman–Crippen LogP) is 4.30. The van der Waals surface area contributed by atoms with Gasteiger partial charge in [0.15, 0.2) is 6.10 Å². The van der Waals surface area contributed by atoms with Gasteiger partial charge in [-0.1, -0.05) is 49.4 Å². The number of ether oxygens (including phenoxy) is 1. The van der Waals surface area contributed by atoms with Crippen LogP contribution in [0.1, 0.15) is 43.6 Å². The summed E-state index contributed by atoms with van der Waals surface area (Å²) >= 11 is 0. The van der Waals surface area contributed by atoms with E-state index in [1.807, 2.05) is 54.6 Å². The van der Waals surface area contributed by atoms with Crippen LogP contribution in [0.3, 0.4) is 0 Å². The number of hydrogen-bond acceptors (Lipinski definition) is 4. The van der Waals surface area contributed by atoms with Crippen molar-refractivity contribution in [1.82, 2.24) is 15.8 Å². The number of fused-ring (bicyclic) bond motifs is 1. The molecule has 0 aromatic heterocycles. The largest absolute Gasteiger partial charge is 0.481 e. The van der Waals surface area contributed by atoms with Crippen molar-refractivity contribution in [3.63, 3.8) is 0 Å². The molecule has 0 radical (unpaired) electrons. The number of amides is 2. The van der Waals surface area contributed by atoms with Crippen molar-refractivity contribution in [2.75, 3.05) is 6.54 Å². The fourth-order valence-electron chi connectivity index (χ4n) is 3.45. The van der Waals surface area contributed by atoms with Gasteiger partial charge < -0.3 is 4.74 Å². The molecule has 6 heteroatoms. The van der Waals surface area contributed by atoms with E-state index in [-0.39, 0.29) is 5.91 Å². The summed E-state index contributed by atoms with van der Waals surface area (Å²) in [7, 11) is 0. The SMILES string of the molecule is CCN(Cc1ccc(C(=O)NNC(=O)C(C)Oc2ccc3ccccc3c2)cc1)C(C)C. The Kier molecular flexibility index (Phi) is 7.84. The Hall–Kier alpha value is -3.38. The molecule has 0 aliphatic carbocycles. The van der Waals surface area contributed by atoms with E-state index in [0.717, 1.165) is 29.4 Å². The molecule has 6 nitrogen and oxygen atoms in total. The fraction of sp³-hybridized carbons (Fsp3) is 0.308. The third-order valence-electron chi connectivity index (χ3n) is 5.44. The second-order valence-corrected chi connectivity index (χ2v) is 8.07. The molecule has 0 aliphatic rings. The van der Waals surface area contributed by atoms with E-state index in [4.69, 9.17) is 4.74 Å². The molecule has 3 aromatic carbocycles. The molecule has 0 saturated carbocycles. The van der Waals surface area contributed by atoms with Gasteiger partial charge in [0.25, 0.3) is 11.8 Å². The van der Waals surface area contributed by atoms with E-state index in [1.54, 1.807) is 19.1 Å². The van der Waals surface area contributed by atoms with Crippen molar-refractivity contribution in [3.05, 3.63) is 77.9 Å². The van der Waals surface area contributed by atoms with Crippen LogP contribution in [0, 0.1) is 0 Å². The first kappa shape index (κ1) is 23.3. The summed E-state index contributed by atoms with van der Waals surface area (Å²) in [5.41, 5.74) is 6.51. The number of carbonyl (C=O) groups is 2. The van der Waals surface area contributed by atoms with E-state index < -0.39 is 12.0 Å². The zero-order chi connectivity index (χ0) is 23.1. The van der Waals surface area contributed by atoms with Gasteiger partial charge in [-0.05, 0) is 67.9 Å². The minimum Gasteiger partial charge on any atom is -0.481 e. The molecule has 32 heavy (non-hydrogen) atoms. The van der Waals surface area contributed by atoms with Gasteiger partial charge in [-0.3, -0.25) is 25.3 Å². The maximum absolute atomic E-state index is 12.4. The van der Waals surface area contributed by atoms with E-state index >= 15 is 0 Å². The highest BCUT2D eigenvalue weighted by Crippen LogP contribution is 2.21. The molecule has 1 unspecified atom stereocenters. The smallest absolute Gasteiger partial charge is 0.279 e. The Morgan fingerprint density at radius 1 is 0.906 bits per heavy atom. The lowest BCUT2D eigenvalue weighted by atomic mass is 10.1. The molecule has 0 spiro atoms. The Labute approximate surface area is 189 Å². The average Bonchev–Trinajstić information content (AvgIpc) is 2.80. The molecule has 168 valence electrons. The normalized spacial score (nSPS) is 12.1. The summed E-state index contributed by atoms with van der Waals surface area (Å²) in [4.78, 5) is 27.1. The molecule has 0 aliphatic heterocycles. The Bertz CT molecular complexity index is 1060. The standard InChI is InChI=1S/C26H31N3O3/c1-5-29(18(2)3)17-20-10-12-22(13-11-20)26(31)28-27-25(30)19(4)32-24-15-14-21-8-6-7-9-23(21)16-24/h6-16,18-19H,5,17H2,1-4H3,(H,27,30)(H,28,31). The van der Waals surface area contributed by atoms with Gasteiger partial charge in [0, 0.05) is 18.2 Å². The fourth-order valence-corrected chi connectivity index (χ4v) is 3.45. The van der Waals surface area contributed by atoms with E-state index in [2.05, 4.69) is 36.5 Å². The second kappa shape index (κ2) is 10.8. The third-order valence-corrected chi connectivity index (χ3v) is 5.44. The molecule has 2 amide bonds. The summed E-state index contributed by atoms with van der Waals surface area (Å²) in [5, 5.41) is 2.13. The number of nitrogens with zero attached hydrogens (tertiary/aromatic N) is 1. The van der Waals surface area contributed by atoms with Gasteiger partial charge in [-0.15, -0.1) is 0 Å². The number of carbonyl (C=O) groups excluding carboxylic acids is 2. The van der Waals surface area contributed by atoms with Gasteiger partial charge in [-0.2, -0.15) is 0 Å². The summed E-state index contributed by atoms with van der Waals surface area (Å²) in [6, 6.07) is 21.4. The van der Waals surface area contributed by atoms with Crippen LogP contribution in [-0.2, 0) is 11.3 Å². The number of nitrogens with one attached hydrogen (secondary N) is 2. The lowest BCUT2D eigenvalue weighted by molar-refractivity contribution is -0.128. The first-order valence-electron chi connectivity index (χ1n) is 11.0. The molecule has 0 bridgehead atoms. The van der Waals surface area contributed by atoms with Crippen molar-refractivity contribution in [1.29, 1.82) is 0 Å². The van der Waals surface area contributed by atoms with Crippen LogP contribution in [0.4, 0.5) is 0 Å². The monoisotopic (exact) mass is 433 g/mol. The molecule has 1 atom stereocenters. The van der Waals surface area contributed by atoms with Crippen LogP contribution in [0.2, 0.25) is 0 Å². The molecule has 0 heterocycles. The van der Waals surface area contributed by atoms with E-state index in [0.29, 0.717) is 17.4 Å². The van der Waals surface area contributed by atoms with Crippen molar-refractivity contribution in [3.8, 4) is 5.75 Å². The van der Waals surface area contributed by atoms with Crippen LogP contribution in [0.5, 0.6) is 5.75 Å². The summed E-state index contributed by atoms with van der Waals surface area (Å²) in [6.07, 6.45) is -0.769. The van der Waals surface area contributed by atoms with Crippen LogP contribution in [0.15, 0.2) is 66.7 Å². The lowest BCUT2D eigenvalue weighted by Gasteiger charge is -2.24. The molecule has 3 aromatic rings. The molecule has 0 fully saturated rings. The lowest BCUT2D eigenvalue weighted by Crippen LogP contribution is -2.47. The number of hydrogen-bond donors (Lipinski definition) is 2. The summed E-state index contributed by atoms with van der Waals surface area (Å²) in [6.45, 7) is 9.90. The first-order valence-corrected chi connectivity index (χ1v) is 11.0. The molecular formula is C26H31N3O3. The highest BCUT2D eigenvalue weighted by atomic mass is 16.5. The predicted molar refractivity (Wildman–Crippen MR) is 127 cm³/mol. The minimum atomic E-state index is -0.769. The van der Waals surface area contributed by atoms with E-state index in [1.165, 1.54) is 0 Å². The molecule has 2 N–H and O–H groups in total. The van der Waals surface area contributed by atoms with Gasteiger partial charge in [0.2, 0.25) is 0 Å². The summed E-state index contributed by atoms with van der Waals surface area (Å²) < 4.78 is 5.74. The number of benzene rings is 3. The minimum absolute atomic E-state index is 0.376. The number of rotatable bonds is 8. The van der Waals surface area contributed by atoms with Gasteiger partial charge in [0.05, 0.1) is 0 Å². The van der Waals surface area contributed by atoms with Crippen LogP contribution in [-0.4, -0.2) is 35.4 Å². The van der Waals surface area contributed by atoms with Crippen LogP contribution < -0.4 is 15.6 Å². The van der Waals surface area contributed by atoms with Crippen LogP contribution >= 0.6 is 0 Å². The quantitative estimate of drug-likeness (QED) is 0.520.